The van der Waals surface area contributed by atoms with Gasteiger partial charge in [-0.05, 0) is 18.4 Å². The van der Waals surface area contributed by atoms with Crippen molar-refractivity contribution >= 4 is 5.97 Å². The highest BCUT2D eigenvalue weighted by Gasteiger charge is 2.37. The molecule has 0 aromatic rings. The van der Waals surface area contributed by atoms with Crippen LogP contribution in [0.3, 0.4) is 0 Å². The molecular weight excluding hydrogens is 218 g/mol. The minimum absolute atomic E-state index is 0.0712. The van der Waals surface area contributed by atoms with E-state index in [1.165, 1.54) is 0 Å². The van der Waals surface area contributed by atoms with Crippen molar-refractivity contribution in [2.75, 3.05) is 19.7 Å². The van der Waals surface area contributed by atoms with Crippen molar-refractivity contribution in [3.8, 4) is 0 Å². The molecule has 0 bridgehead atoms. The van der Waals surface area contributed by atoms with Crippen LogP contribution in [0.25, 0.3) is 0 Å². The quantitative estimate of drug-likeness (QED) is 0.802. The highest BCUT2D eigenvalue weighted by Crippen LogP contribution is 2.23. The lowest BCUT2D eigenvalue weighted by molar-refractivity contribution is -0.142. The molecule has 0 aromatic heterocycles. The third kappa shape index (κ3) is 4.64. The Morgan fingerprint density at radius 2 is 2.12 bits per heavy atom. The van der Waals surface area contributed by atoms with Crippen LogP contribution in [-0.4, -0.2) is 47.8 Å². The fraction of sp³-hybridized carbons (Fsp3) is 0.923. The maximum atomic E-state index is 11.1. The van der Waals surface area contributed by atoms with Crippen LogP contribution in [0.4, 0.5) is 0 Å². The van der Waals surface area contributed by atoms with Gasteiger partial charge < -0.3 is 9.84 Å². The molecule has 0 amide bonds. The van der Waals surface area contributed by atoms with Crippen LogP contribution in [0.2, 0.25) is 0 Å². The molecule has 0 spiro atoms. The highest BCUT2D eigenvalue weighted by molar-refractivity contribution is 5.74. The van der Waals surface area contributed by atoms with E-state index in [-0.39, 0.29) is 17.6 Å². The van der Waals surface area contributed by atoms with Gasteiger partial charge in [-0.25, -0.2) is 0 Å². The van der Waals surface area contributed by atoms with E-state index in [4.69, 9.17) is 9.84 Å². The third-order valence-electron chi connectivity index (χ3n) is 2.91. The summed E-state index contributed by atoms with van der Waals surface area (Å²) in [5, 5.41) is 9.16. The van der Waals surface area contributed by atoms with Crippen LogP contribution in [-0.2, 0) is 9.53 Å². The molecule has 17 heavy (non-hydrogen) atoms. The normalized spacial score (nSPS) is 26.4. The summed E-state index contributed by atoms with van der Waals surface area (Å²) in [6.45, 7) is 10.7. The highest BCUT2D eigenvalue weighted by atomic mass is 16.5. The maximum absolute atomic E-state index is 11.1. The van der Waals surface area contributed by atoms with E-state index in [0.29, 0.717) is 13.0 Å². The van der Waals surface area contributed by atoms with E-state index in [1.807, 2.05) is 4.90 Å². The van der Waals surface area contributed by atoms with E-state index >= 15 is 0 Å². The number of aliphatic carboxylic acids is 1. The zero-order chi connectivity index (χ0) is 13.1. The molecule has 0 aromatic carbocycles. The first-order valence-electron chi connectivity index (χ1n) is 6.42. The van der Waals surface area contributed by atoms with E-state index in [1.54, 1.807) is 0 Å². The van der Waals surface area contributed by atoms with E-state index in [9.17, 15) is 4.79 Å². The zero-order valence-electron chi connectivity index (χ0n) is 11.4. The minimum atomic E-state index is -0.722. The molecule has 0 saturated carbocycles. The van der Waals surface area contributed by atoms with Gasteiger partial charge in [0.2, 0.25) is 0 Å². The molecule has 1 aliphatic heterocycles. The summed E-state index contributed by atoms with van der Waals surface area (Å²) in [4.78, 5) is 13.2. The molecule has 100 valence electrons. The molecule has 1 aliphatic rings. The largest absolute Gasteiger partial charge is 0.480 e. The Balaban J connectivity index is 2.48. The summed E-state index contributed by atoms with van der Waals surface area (Å²) in [6.07, 6.45) is 1.67. The number of hydrogen-bond donors (Lipinski definition) is 1. The van der Waals surface area contributed by atoms with Gasteiger partial charge in [-0.1, -0.05) is 27.7 Å². The maximum Gasteiger partial charge on any atom is 0.321 e. The van der Waals surface area contributed by atoms with Crippen LogP contribution in [0.1, 0.15) is 40.5 Å². The number of ether oxygens (including phenoxy) is 1. The Kier molecular flexibility index (Phi) is 4.95. The monoisotopic (exact) mass is 243 g/mol. The van der Waals surface area contributed by atoms with Gasteiger partial charge >= 0.3 is 5.97 Å². The van der Waals surface area contributed by atoms with E-state index < -0.39 is 5.97 Å². The number of carbonyl (C=O) groups is 1. The number of rotatable bonds is 5. The number of likely N-dealkylation sites (tertiary alicyclic amines) is 1. The molecule has 1 fully saturated rings. The first-order chi connectivity index (χ1) is 7.83. The molecule has 1 N–H and O–H groups in total. The Morgan fingerprint density at radius 1 is 1.47 bits per heavy atom. The first-order valence-corrected chi connectivity index (χ1v) is 6.42. The summed E-state index contributed by atoms with van der Waals surface area (Å²) in [5.41, 5.74) is 0.136. The molecule has 0 radical (unpaired) electrons. The number of carboxylic acids is 1. The summed E-state index contributed by atoms with van der Waals surface area (Å²) in [5.74, 6) is -0.722. The number of nitrogens with zero attached hydrogens (tertiary/aromatic N) is 1. The second-order valence-corrected chi connectivity index (χ2v) is 6.08. The van der Waals surface area contributed by atoms with Crippen LogP contribution < -0.4 is 0 Å². The van der Waals surface area contributed by atoms with Gasteiger partial charge in [0.05, 0.1) is 12.7 Å². The molecule has 2 unspecified atom stereocenters. The fourth-order valence-corrected chi connectivity index (χ4v) is 2.14. The van der Waals surface area contributed by atoms with Gasteiger partial charge in [0, 0.05) is 13.0 Å². The van der Waals surface area contributed by atoms with Crippen molar-refractivity contribution in [2.45, 2.75) is 52.7 Å². The van der Waals surface area contributed by atoms with Crippen molar-refractivity contribution in [1.82, 2.24) is 4.90 Å². The predicted octanol–water partition coefficient (Wildman–Crippen LogP) is 1.99. The molecule has 4 nitrogen and oxygen atoms in total. The zero-order valence-corrected chi connectivity index (χ0v) is 11.4. The lowest BCUT2D eigenvalue weighted by Gasteiger charge is -2.22. The average molecular weight is 243 g/mol. The lowest BCUT2D eigenvalue weighted by Crippen LogP contribution is -2.36. The summed E-state index contributed by atoms with van der Waals surface area (Å²) < 4.78 is 5.82. The van der Waals surface area contributed by atoms with Crippen LogP contribution >= 0.6 is 0 Å². The third-order valence-corrected chi connectivity index (χ3v) is 2.91. The average Bonchev–Trinajstić information content (AvgIpc) is 2.58. The van der Waals surface area contributed by atoms with Gasteiger partial charge in [-0.2, -0.15) is 0 Å². The van der Waals surface area contributed by atoms with E-state index in [0.717, 1.165) is 19.5 Å². The Bertz CT molecular complexity index is 260. The van der Waals surface area contributed by atoms with Crippen molar-refractivity contribution in [1.29, 1.82) is 0 Å². The van der Waals surface area contributed by atoms with Crippen molar-refractivity contribution in [3.05, 3.63) is 0 Å². The second kappa shape index (κ2) is 5.83. The van der Waals surface area contributed by atoms with E-state index in [2.05, 4.69) is 27.7 Å². The summed E-state index contributed by atoms with van der Waals surface area (Å²) in [7, 11) is 0. The van der Waals surface area contributed by atoms with Gasteiger partial charge in [0.25, 0.3) is 0 Å². The number of hydrogen-bond acceptors (Lipinski definition) is 3. The van der Waals surface area contributed by atoms with Gasteiger partial charge in [0.15, 0.2) is 0 Å². The molecule has 1 heterocycles. The molecule has 2 atom stereocenters. The molecule has 4 heteroatoms. The van der Waals surface area contributed by atoms with Crippen LogP contribution in [0.5, 0.6) is 0 Å². The smallest absolute Gasteiger partial charge is 0.321 e. The fourth-order valence-electron chi connectivity index (χ4n) is 2.14. The molecular formula is C13H25NO3. The predicted molar refractivity (Wildman–Crippen MR) is 67.1 cm³/mol. The lowest BCUT2D eigenvalue weighted by atomic mass is 9.98. The summed E-state index contributed by atoms with van der Waals surface area (Å²) in [6, 6.07) is -0.361. The first kappa shape index (κ1) is 14.5. The second-order valence-electron chi connectivity index (χ2n) is 6.08. The topological polar surface area (TPSA) is 49.8 Å². The molecule has 1 rings (SSSR count). The minimum Gasteiger partial charge on any atom is -0.480 e. The standard InChI is InChI=1S/C13H25NO3/c1-5-6-14-8-10(7-11(14)12(15)16)17-9-13(2,3)4/h10-11H,5-9H2,1-4H3,(H,15,16). The number of carboxylic acid groups (broad SMARTS) is 1. The Labute approximate surface area is 104 Å². The summed E-state index contributed by atoms with van der Waals surface area (Å²) >= 11 is 0. The molecule has 0 aliphatic carbocycles. The van der Waals surface area contributed by atoms with Gasteiger partial charge in [-0.3, -0.25) is 9.69 Å². The van der Waals surface area contributed by atoms with Crippen LogP contribution in [0, 0.1) is 5.41 Å². The Morgan fingerprint density at radius 3 is 2.59 bits per heavy atom. The van der Waals surface area contributed by atoms with Crippen LogP contribution in [0.15, 0.2) is 0 Å². The Hall–Kier alpha value is -0.610. The van der Waals surface area contributed by atoms with Crippen molar-refractivity contribution in [2.24, 2.45) is 5.41 Å². The van der Waals surface area contributed by atoms with Gasteiger partial charge in [-0.15, -0.1) is 0 Å². The molecule has 1 saturated heterocycles. The SMILES string of the molecule is CCCN1CC(OCC(C)(C)C)CC1C(=O)O. The van der Waals surface area contributed by atoms with Gasteiger partial charge in [0.1, 0.15) is 6.04 Å². The van der Waals surface area contributed by atoms with Crippen molar-refractivity contribution < 1.29 is 14.6 Å². The van der Waals surface area contributed by atoms with Crippen molar-refractivity contribution in [3.63, 3.8) is 0 Å².